The van der Waals surface area contributed by atoms with Gasteiger partial charge < -0.3 is 10.1 Å². The lowest BCUT2D eigenvalue weighted by Crippen LogP contribution is -2.51. The van der Waals surface area contributed by atoms with Crippen molar-refractivity contribution in [2.45, 2.75) is 70.4 Å². The molecule has 0 bridgehead atoms. The van der Waals surface area contributed by atoms with Gasteiger partial charge in [0.05, 0.1) is 5.60 Å². The van der Waals surface area contributed by atoms with Crippen LogP contribution in [-0.2, 0) is 4.74 Å². The Morgan fingerprint density at radius 2 is 2.06 bits per heavy atom. The smallest absolute Gasteiger partial charge is 0.0834 e. The van der Waals surface area contributed by atoms with Crippen molar-refractivity contribution in [2.24, 2.45) is 0 Å². The minimum atomic E-state index is 0.0563. The zero-order valence-corrected chi connectivity index (χ0v) is 11.4. The summed E-state index contributed by atoms with van der Waals surface area (Å²) in [4.78, 5) is 0. The van der Waals surface area contributed by atoms with Crippen molar-refractivity contribution in [1.82, 2.24) is 5.32 Å². The summed E-state index contributed by atoms with van der Waals surface area (Å²) < 4.78 is 6.12. The molecule has 0 radical (unpaired) electrons. The Balaban J connectivity index is 2.65. The summed E-state index contributed by atoms with van der Waals surface area (Å²) >= 11 is 0. The van der Waals surface area contributed by atoms with Crippen molar-refractivity contribution in [2.75, 3.05) is 13.2 Å². The molecule has 1 rings (SSSR count). The number of ether oxygens (including phenoxy) is 1. The summed E-state index contributed by atoms with van der Waals surface area (Å²) in [5.41, 5.74) is 0.0563. The van der Waals surface area contributed by atoms with Crippen LogP contribution in [0.15, 0.2) is 0 Å². The van der Waals surface area contributed by atoms with Gasteiger partial charge in [-0.1, -0.05) is 19.8 Å². The third-order valence-corrected chi connectivity index (χ3v) is 3.73. The lowest BCUT2D eigenvalue weighted by molar-refractivity contribution is -0.0628. The van der Waals surface area contributed by atoms with Crippen LogP contribution in [0.3, 0.4) is 0 Å². The van der Waals surface area contributed by atoms with E-state index in [4.69, 9.17) is 11.2 Å². The third kappa shape index (κ3) is 4.01. The van der Waals surface area contributed by atoms with Crippen LogP contribution in [0.25, 0.3) is 0 Å². The van der Waals surface area contributed by atoms with Gasteiger partial charge in [-0.15, -0.1) is 12.3 Å². The van der Waals surface area contributed by atoms with E-state index in [2.05, 4.69) is 25.1 Å². The zero-order valence-electron chi connectivity index (χ0n) is 11.4. The van der Waals surface area contributed by atoms with E-state index in [0.717, 1.165) is 32.4 Å². The van der Waals surface area contributed by atoms with Crippen molar-refractivity contribution in [3.8, 4) is 12.3 Å². The first kappa shape index (κ1) is 14.5. The van der Waals surface area contributed by atoms with Gasteiger partial charge in [0.15, 0.2) is 0 Å². The van der Waals surface area contributed by atoms with Crippen LogP contribution in [0.2, 0.25) is 0 Å². The van der Waals surface area contributed by atoms with Crippen LogP contribution in [-0.4, -0.2) is 24.8 Å². The second-order valence-electron chi connectivity index (χ2n) is 4.95. The molecule has 2 heteroatoms. The van der Waals surface area contributed by atoms with Crippen molar-refractivity contribution in [1.29, 1.82) is 0 Å². The second kappa shape index (κ2) is 7.74. The van der Waals surface area contributed by atoms with E-state index in [-0.39, 0.29) is 5.60 Å². The summed E-state index contributed by atoms with van der Waals surface area (Å²) in [7, 11) is 0. The lowest BCUT2D eigenvalue weighted by Gasteiger charge is -2.38. The molecule has 0 saturated heterocycles. The number of nitrogens with one attached hydrogen (secondary N) is 1. The van der Waals surface area contributed by atoms with Gasteiger partial charge in [0.2, 0.25) is 0 Å². The second-order valence-corrected chi connectivity index (χ2v) is 4.95. The highest BCUT2D eigenvalue weighted by atomic mass is 16.5. The van der Waals surface area contributed by atoms with Crippen LogP contribution in [0, 0.1) is 12.3 Å². The predicted molar refractivity (Wildman–Crippen MR) is 73.0 cm³/mol. The highest BCUT2D eigenvalue weighted by Gasteiger charge is 2.41. The average Bonchev–Trinajstić information content (AvgIpc) is 2.79. The lowest BCUT2D eigenvalue weighted by atomic mass is 9.88. The zero-order chi connectivity index (χ0) is 12.6. The summed E-state index contributed by atoms with van der Waals surface area (Å²) in [5.74, 6) is 2.76. The maximum Gasteiger partial charge on any atom is 0.0834 e. The van der Waals surface area contributed by atoms with Crippen LogP contribution in [0.1, 0.15) is 58.8 Å². The Labute approximate surface area is 107 Å². The highest BCUT2D eigenvalue weighted by molar-refractivity contribution is 4.99. The summed E-state index contributed by atoms with van der Waals surface area (Å²) in [5, 5.41) is 3.65. The van der Waals surface area contributed by atoms with Gasteiger partial charge in [0.1, 0.15) is 0 Å². The van der Waals surface area contributed by atoms with Crippen LogP contribution in [0.5, 0.6) is 0 Å². The maximum absolute atomic E-state index is 6.12. The van der Waals surface area contributed by atoms with Crippen molar-refractivity contribution in [3.63, 3.8) is 0 Å². The molecule has 1 aliphatic rings. The summed E-state index contributed by atoms with van der Waals surface area (Å²) in [6.45, 7) is 6.16. The molecule has 0 aromatic carbocycles. The van der Waals surface area contributed by atoms with Gasteiger partial charge in [-0.3, -0.25) is 0 Å². The first-order chi connectivity index (χ1) is 8.29. The van der Waals surface area contributed by atoms with Gasteiger partial charge in [0, 0.05) is 19.1 Å². The average molecular weight is 237 g/mol. The van der Waals surface area contributed by atoms with Crippen LogP contribution >= 0.6 is 0 Å². The molecule has 1 N–H and O–H groups in total. The molecule has 0 aromatic rings. The molecule has 0 spiro atoms. The molecule has 98 valence electrons. The molecule has 0 heterocycles. The normalized spacial score (nSPS) is 20.1. The van der Waals surface area contributed by atoms with E-state index >= 15 is 0 Å². The molecule has 1 fully saturated rings. The molecule has 0 aromatic heterocycles. The van der Waals surface area contributed by atoms with Gasteiger partial charge in [-0.05, 0) is 39.2 Å². The molecule has 1 atom stereocenters. The van der Waals surface area contributed by atoms with Crippen LogP contribution < -0.4 is 5.32 Å². The molecule has 1 aliphatic carbocycles. The summed E-state index contributed by atoms with van der Waals surface area (Å²) in [6.07, 6.45) is 13.4. The summed E-state index contributed by atoms with van der Waals surface area (Å²) in [6, 6.07) is 0.431. The van der Waals surface area contributed by atoms with E-state index in [1.54, 1.807) is 0 Å². The molecule has 2 nitrogen and oxygen atoms in total. The molecule has 0 aliphatic heterocycles. The fraction of sp³-hybridized carbons (Fsp3) is 0.867. The SMILES string of the molecule is C#CCCC(NCCC)C1(OCC)CCCC1. The number of rotatable bonds is 8. The van der Waals surface area contributed by atoms with Crippen LogP contribution in [0.4, 0.5) is 0 Å². The van der Waals surface area contributed by atoms with Gasteiger partial charge >= 0.3 is 0 Å². The Bertz CT molecular complexity index is 238. The molecule has 1 saturated carbocycles. The molecular formula is C15H27NO. The predicted octanol–water partition coefficient (Wildman–Crippen LogP) is 3.12. The van der Waals surface area contributed by atoms with Gasteiger partial charge in [0.25, 0.3) is 0 Å². The van der Waals surface area contributed by atoms with Crippen molar-refractivity contribution >= 4 is 0 Å². The first-order valence-electron chi connectivity index (χ1n) is 7.10. The first-order valence-corrected chi connectivity index (χ1v) is 7.10. The van der Waals surface area contributed by atoms with E-state index in [9.17, 15) is 0 Å². The van der Waals surface area contributed by atoms with Gasteiger partial charge in [-0.25, -0.2) is 0 Å². The number of hydrogen-bond acceptors (Lipinski definition) is 2. The highest BCUT2D eigenvalue weighted by Crippen LogP contribution is 2.37. The molecular weight excluding hydrogens is 210 g/mol. The standard InChI is InChI=1S/C15H27NO/c1-4-7-10-14(16-13-5-2)15(17-6-3)11-8-9-12-15/h1,14,16H,5-13H2,2-3H3. The Hall–Kier alpha value is -0.520. The quantitative estimate of drug-likeness (QED) is 0.655. The minimum absolute atomic E-state index is 0.0563. The molecule has 1 unspecified atom stereocenters. The fourth-order valence-corrected chi connectivity index (χ4v) is 2.95. The molecule has 17 heavy (non-hydrogen) atoms. The largest absolute Gasteiger partial charge is 0.374 e. The van der Waals surface area contributed by atoms with E-state index in [1.807, 2.05) is 0 Å². The fourth-order valence-electron chi connectivity index (χ4n) is 2.95. The van der Waals surface area contributed by atoms with Gasteiger partial charge in [-0.2, -0.15) is 0 Å². The van der Waals surface area contributed by atoms with Crippen molar-refractivity contribution in [3.05, 3.63) is 0 Å². The maximum atomic E-state index is 6.12. The third-order valence-electron chi connectivity index (χ3n) is 3.73. The Morgan fingerprint density at radius 3 is 2.59 bits per heavy atom. The Kier molecular flexibility index (Phi) is 6.62. The minimum Gasteiger partial charge on any atom is -0.374 e. The van der Waals surface area contributed by atoms with E-state index in [1.165, 1.54) is 25.7 Å². The van der Waals surface area contributed by atoms with E-state index < -0.39 is 0 Å². The number of terminal acetylenes is 1. The monoisotopic (exact) mass is 237 g/mol. The number of hydrogen-bond donors (Lipinski definition) is 1. The topological polar surface area (TPSA) is 21.3 Å². The van der Waals surface area contributed by atoms with Crippen molar-refractivity contribution < 1.29 is 4.74 Å². The Morgan fingerprint density at radius 1 is 1.35 bits per heavy atom. The van der Waals surface area contributed by atoms with E-state index in [0.29, 0.717) is 6.04 Å². The molecule has 0 amide bonds.